The van der Waals surface area contributed by atoms with E-state index in [-0.39, 0.29) is 22.1 Å². The number of nitro benzene ring substituents is 1. The second kappa shape index (κ2) is 14.2. The van der Waals surface area contributed by atoms with Crippen molar-refractivity contribution < 1.29 is 26.9 Å². The maximum atomic E-state index is 13.5. The van der Waals surface area contributed by atoms with E-state index in [4.69, 9.17) is 11.6 Å². The van der Waals surface area contributed by atoms with Crippen LogP contribution in [0.5, 0.6) is 0 Å². The number of rotatable bonds is 11. The number of fused-ring (bicyclic) bond motifs is 1. The van der Waals surface area contributed by atoms with Crippen LogP contribution in [-0.2, 0) is 10.0 Å². The van der Waals surface area contributed by atoms with E-state index in [0.29, 0.717) is 39.6 Å². The van der Waals surface area contributed by atoms with Crippen molar-refractivity contribution in [3.63, 3.8) is 0 Å². The molecule has 0 radical (unpaired) electrons. The van der Waals surface area contributed by atoms with E-state index in [0.717, 1.165) is 18.3 Å². The number of benzene rings is 3. The number of aromatic nitrogens is 2. The zero-order valence-corrected chi connectivity index (χ0v) is 26.8. The first-order valence-corrected chi connectivity index (χ1v) is 16.3. The molecular formula is C30H22ClF2N7O6S2. The second-order valence-corrected chi connectivity index (χ2v) is 12.9. The number of sulfonamides is 1. The fourth-order valence-corrected chi connectivity index (χ4v) is 6.42. The maximum Gasteiger partial charge on any atom is 0.288 e. The zero-order chi connectivity index (χ0) is 34.6. The predicted octanol–water partition coefficient (Wildman–Crippen LogP) is 6.19. The molecule has 0 atom stereocenters. The summed E-state index contributed by atoms with van der Waals surface area (Å²) in [6.45, 7) is 1.74. The van der Waals surface area contributed by atoms with Crippen LogP contribution >= 0.6 is 23.4 Å². The lowest BCUT2D eigenvalue weighted by atomic mass is 10.2. The van der Waals surface area contributed by atoms with Gasteiger partial charge >= 0.3 is 0 Å². The van der Waals surface area contributed by atoms with Gasteiger partial charge in [0.1, 0.15) is 21.9 Å². The molecule has 3 N–H and O–H groups in total. The van der Waals surface area contributed by atoms with Crippen LogP contribution in [0.2, 0.25) is 5.02 Å². The highest BCUT2D eigenvalue weighted by Gasteiger charge is 2.26. The Kier molecular flexibility index (Phi) is 10.0. The number of halogens is 3. The van der Waals surface area contributed by atoms with Crippen molar-refractivity contribution >= 4 is 74.0 Å². The molecule has 0 spiro atoms. The highest BCUT2D eigenvalue weighted by molar-refractivity contribution is 7.99. The molecule has 18 heteroatoms. The van der Waals surface area contributed by atoms with Crippen molar-refractivity contribution in [3.8, 4) is 0 Å². The van der Waals surface area contributed by atoms with Crippen LogP contribution in [0.25, 0.3) is 5.65 Å². The minimum Gasteiger partial charge on any atom is -0.339 e. The van der Waals surface area contributed by atoms with Gasteiger partial charge in [-0.1, -0.05) is 41.6 Å². The molecule has 246 valence electrons. The van der Waals surface area contributed by atoms with E-state index in [9.17, 15) is 36.9 Å². The van der Waals surface area contributed by atoms with Crippen LogP contribution in [0.4, 0.5) is 31.7 Å². The van der Waals surface area contributed by atoms with Crippen molar-refractivity contribution in [2.75, 3.05) is 10.0 Å². The van der Waals surface area contributed by atoms with Gasteiger partial charge in [-0.2, -0.15) is 13.9 Å². The molecule has 0 bridgehead atoms. The molecule has 1 amide bonds. The maximum absolute atomic E-state index is 13.5. The number of alkyl halides is 2. The number of pyridine rings is 1. The van der Waals surface area contributed by atoms with Gasteiger partial charge in [0.05, 0.1) is 27.4 Å². The number of nitro groups is 1. The molecule has 48 heavy (non-hydrogen) atoms. The van der Waals surface area contributed by atoms with Gasteiger partial charge in [0.15, 0.2) is 0 Å². The Morgan fingerprint density at radius 2 is 1.83 bits per heavy atom. The highest BCUT2D eigenvalue weighted by atomic mass is 35.5. The average Bonchev–Trinajstić information content (AvgIpc) is 3.04. The lowest BCUT2D eigenvalue weighted by molar-refractivity contribution is -0.385. The summed E-state index contributed by atoms with van der Waals surface area (Å²) < 4.78 is 55.6. The first-order valence-electron chi connectivity index (χ1n) is 13.6. The number of para-hydroxylation sites is 1. The first-order chi connectivity index (χ1) is 22.8. The topological polar surface area (TPSA) is 177 Å². The van der Waals surface area contributed by atoms with Crippen LogP contribution in [0.15, 0.2) is 105 Å². The highest BCUT2D eigenvalue weighted by Crippen LogP contribution is 2.29. The molecule has 0 unspecified atom stereocenters. The van der Waals surface area contributed by atoms with Crippen LogP contribution in [0.1, 0.15) is 21.5 Å². The molecule has 2 aromatic heterocycles. The van der Waals surface area contributed by atoms with Gasteiger partial charge in [-0.05, 0) is 61.0 Å². The van der Waals surface area contributed by atoms with Gasteiger partial charge in [0.25, 0.3) is 32.9 Å². The molecular weight excluding hydrogens is 692 g/mol. The molecule has 5 rings (SSSR count). The standard InChI is InChI=1S/C30H22ClF2N7O6S2/c1-17-5-4-14-39-27(17)36-26(35-18-8-11-20(12-9-18)47-30(32)33)22(29(39)42)16-34-37-28(41)21-13-10-19(40(43)44)15-25(21)48(45,46)38-24-7-3-2-6-23(24)31/h2-16,30,35,38H,1H3,(H,37,41)/b34-16-. The number of non-ortho nitro benzene ring substituents is 1. The fraction of sp³-hybridized carbons (Fsp3) is 0.0667. The second-order valence-electron chi connectivity index (χ2n) is 9.81. The summed E-state index contributed by atoms with van der Waals surface area (Å²) in [6, 6.07) is 17.8. The molecule has 0 aliphatic heterocycles. The number of hydrazone groups is 1. The molecule has 0 aliphatic carbocycles. The molecule has 13 nitrogen and oxygen atoms in total. The monoisotopic (exact) mass is 713 g/mol. The van der Waals surface area contributed by atoms with E-state index in [2.05, 4.69) is 25.6 Å². The summed E-state index contributed by atoms with van der Waals surface area (Å²) in [5, 5.41) is 18.3. The summed E-state index contributed by atoms with van der Waals surface area (Å²) in [5.41, 5.74) is 1.69. The number of anilines is 3. The van der Waals surface area contributed by atoms with Crippen molar-refractivity contribution in [2.45, 2.75) is 22.5 Å². The normalized spacial score (nSPS) is 11.6. The summed E-state index contributed by atoms with van der Waals surface area (Å²) in [5.74, 6) is -3.66. The minimum atomic E-state index is -4.60. The van der Waals surface area contributed by atoms with Gasteiger partial charge in [-0.3, -0.25) is 28.8 Å². The van der Waals surface area contributed by atoms with E-state index < -0.39 is 48.3 Å². The summed E-state index contributed by atoms with van der Waals surface area (Å²) in [4.78, 5) is 41.5. The third-order valence-electron chi connectivity index (χ3n) is 6.61. The number of aryl methyl sites for hydroxylation is 1. The largest absolute Gasteiger partial charge is 0.339 e. The van der Waals surface area contributed by atoms with Crippen LogP contribution in [0.3, 0.4) is 0 Å². The molecule has 5 aromatic rings. The van der Waals surface area contributed by atoms with Crippen LogP contribution in [0, 0.1) is 17.0 Å². The average molecular weight is 714 g/mol. The Hall–Kier alpha value is -5.39. The van der Waals surface area contributed by atoms with Gasteiger partial charge in [0, 0.05) is 28.9 Å². The lowest BCUT2D eigenvalue weighted by Gasteiger charge is -2.13. The number of amides is 1. The van der Waals surface area contributed by atoms with Gasteiger partial charge in [0.2, 0.25) is 0 Å². The van der Waals surface area contributed by atoms with Crippen LogP contribution in [-0.4, -0.2) is 40.6 Å². The molecule has 0 saturated carbocycles. The van der Waals surface area contributed by atoms with E-state index >= 15 is 0 Å². The molecule has 2 heterocycles. The number of nitrogens with zero attached hydrogens (tertiary/aromatic N) is 4. The third kappa shape index (κ3) is 7.59. The Labute approximate surface area is 279 Å². The smallest absolute Gasteiger partial charge is 0.288 e. The summed E-state index contributed by atoms with van der Waals surface area (Å²) in [7, 11) is -4.60. The summed E-state index contributed by atoms with van der Waals surface area (Å²) in [6.07, 6.45) is 2.47. The number of carbonyl (C=O) groups is 1. The van der Waals surface area contributed by atoms with Gasteiger partial charge in [-0.15, -0.1) is 0 Å². The van der Waals surface area contributed by atoms with Crippen LogP contribution < -0.4 is 21.0 Å². The Bertz CT molecular complexity index is 2250. The number of hydrogen-bond acceptors (Lipinski definition) is 10. The first kappa shape index (κ1) is 34.0. The molecule has 0 aliphatic rings. The minimum absolute atomic E-state index is 0.0177. The Morgan fingerprint density at radius 3 is 2.52 bits per heavy atom. The van der Waals surface area contributed by atoms with Gasteiger partial charge in [-0.25, -0.2) is 18.8 Å². The van der Waals surface area contributed by atoms with Crippen molar-refractivity contribution in [1.29, 1.82) is 0 Å². The van der Waals surface area contributed by atoms with Crippen molar-refractivity contribution in [2.24, 2.45) is 5.10 Å². The number of nitrogens with one attached hydrogen (secondary N) is 3. The quantitative estimate of drug-likeness (QED) is 0.0624. The van der Waals surface area contributed by atoms with E-state index in [1.54, 1.807) is 25.1 Å². The number of carbonyl (C=O) groups excluding carboxylic acids is 1. The van der Waals surface area contributed by atoms with E-state index in [1.807, 2.05) is 0 Å². The molecule has 3 aromatic carbocycles. The molecule has 0 fully saturated rings. The van der Waals surface area contributed by atoms with Crippen molar-refractivity contribution in [1.82, 2.24) is 14.8 Å². The van der Waals surface area contributed by atoms with Gasteiger partial charge < -0.3 is 5.32 Å². The van der Waals surface area contributed by atoms with Crippen molar-refractivity contribution in [3.05, 3.63) is 127 Å². The third-order valence-corrected chi connectivity index (χ3v) is 9.07. The zero-order valence-electron chi connectivity index (χ0n) is 24.4. The number of thioether (sulfide) groups is 1. The lowest BCUT2D eigenvalue weighted by Crippen LogP contribution is -2.25. The molecule has 0 saturated heterocycles. The Balaban J connectivity index is 1.49. The summed E-state index contributed by atoms with van der Waals surface area (Å²) >= 11 is 6.44. The predicted molar refractivity (Wildman–Crippen MR) is 178 cm³/mol. The van der Waals surface area contributed by atoms with E-state index in [1.165, 1.54) is 53.1 Å². The fourth-order valence-electron chi connectivity index (χ4n) is 4.37. The Morgan fingerprint density at radius 1 is 1.10 bits per heavy atom. The number of hydrogen-bond donors (Lipinski definition) is 3. The SMILES string of the molecule is Cc1cccn2c(=O)c(/C=N\NC(=O)c3ccc([N+](=O)[O-])cc3S(=O)(=O)Nc3ccccc3Cl)c(Nc3ccc(SC(F)F)cc3)nc12.